The number of H-pyrrole nitrogens is 1. The number of benzene rings is 1. The van der Waals surface area contributed by atoms with Crippen molar-refractivity contribution in [3.8, 4) is 11.3 Å². The lowest BCUT2D eigenvalue weighted by Crippen LogP contribution is -2.63. The topological polar surface area (TPSA) is 212 Å². The number of hydrazine groups is 1. The lowest BCUT2D eigenvalue weighted by Gasteiger charge is -2.49. The summed E-state index contributed by atoms with van der Waals surface area (Å²) in [5.41, 5.74) is 2.68. The number of methoxy groups -OCH3 is 2. The number of rotatable bonds is 14. The Hall–Kier alpha value is -3.69. The molecule has 18 atom stereocenters. The Morgan fingerprint density at radius 2 is 1.59 bits per heavy atom. The van der Waals surface area contributed by atoms with Crippen molar-refractivity contribution in [2.75, 3.05) is 34.9 Å². The van der Waals surface area contributed by atoms with Crippen LogP contribution in [-0.4, -0.2) is 168 Å². The van der Waals surface area contributed by atoms with Crippen LogP contribution in [0.3, 0.4) is 0 Å². The predicted octanol–water partition coefficient (Wildman–Crippen LogP) is 5.34. The minimum atomic E-state index is -1.45. The fourth-order valence-corrected chi connectivity index (χ4v) is 11.4. The van der Waals surface area contributed by atoms with Crippen LogP contribution in [0.4, 0.5) is 4.79 Å². The van der Waals surface area contributed by atoms with Crippen molar-refractivity contribution in [1.29, 1.82) is 0 Å². The highest BCUT2D eigenvalue weighted by Gasteiger charge is 2.60. The Kier molecular flexibility index (Phi) is 18.3. The van der Waals surface area contributed by atoms with Gasteiger partial charge < -0.3 is 63.3 Å². The number of nitrogens with zero attached hydrogens (tertiary/aromatic N) is 2. The van der Waals surface area contributed by atoms with Gasteiger partial charge in [-0.25, -0.2) is 15.2 Å². The van der Waals surface area contributed by atoms with Gasteiger partial charge in [0.1, 0.15) is 24.4 Å². The van der Waals surface area contributed by atoms with E-state index in [1.165, 1.54) is 12.1 Å². The third-order valence-corrected chi connectivity index (χ3v) is 15.6. The van der Waals surface area contributed by atoms with Crippen LogP contribution < -0.4 is 10.7 Å². The van der Waals surface area contributed by atoms with Crippen molar-refractivity contribution in [3.05, 3.63) is 48.2 Å². The number of aromatic nitrogens is 1. The molecule has 1 aromatic heterocycles. The number of cyclic esters (lactones) is 1. The molecule has 4 aliphatic heterocycles. The number of hydrogen-bond donors (Lipinski definition) is 5. The number of likely N-dealkylation sites (N-methyl/N-ethyl adjacent to an activating group) is 1. The zero-order valence-corrected chi connectivity index (χ0v) is 43.9. The van der Waals surface area contributed by atoms with Crippen molar-refractivity contribution in [2.45, 2.75) is 198 Å². The number of fused-ring (bicyclic) bond motifs is 1. The Bertz CT molecular complexity index is 2040. The number of carbonyl (C=O) groups is 3. The molecule has 1 unspecified atom stereocenters. The highest BCUT2D eigenvalue weighted by atomic mass is 16.7. The molecule has 18 heteroatoms. The zero-order chi connectivity index (χ0) is 51.5. The van der Waals surface area contributed by atoms with Gasteiger partial charge in [0, 0.05) is 56.5 Å². The first-order valence-electron chi connectivity index (χ1n) is 25.2. The van der Waals surface area contributed by atoms with Crippen molar-refractivity contribution in [2.24, 2.45) is 17.8 Å². The van der Waals surface area contributed by atoms with Gasteiger partial charge in [-0.2, -0.15) is 0 Å². The van der Waals surface area contributed by atoms with E-state index in [0.29, 0.717) is 25.8 Å². The van der Waals surface area contributed by atoms with Crippen LogP contribution in [0.5, 0.6) is 0 Å². The molecule has 70 heavy (non-hydrogen) atoms. The Morgan fingerprint density at radius 3 is 2.23 bits per heavy atom. The van der Waals surface area contributed by atoms with E-state index >= 15 is 0 Å². The Balaban J connectivity index is 1.35. The van der Waals surface area contributed by atoms with Gasteiger partial charge >= 0.3 is 12.1 Å². The summed E-state index contributed by atoms with van der Waals surface area (Å²) < 4.78 is 51.6. The summed E-state index contributed by atoms with van der Waals surface area (Å²) in [7, 11) is 6.84. The van der Waals surface area contributed by atoms with Crippen LogP contribution in [-0.2, 0) is 53.9 Å². The smallest absolute Gasteiger partial charge is 0.425 e. The molecule has 4 aliphatic rings. The largest absolute Gasteiger partial charge is 0.458 e. The van der Waals surface area contributed by atoms with Gasteiger partial charge in [0.2, 0.25) is 5.91 Å². The summed E-state index contributed by atoms with van der Waals surface area (Å²) in [6.07, 6.45) is -6.39. The van der Waals surface area contributed by atoms with Crippen LogP contribution in [0.1, 0.15) is 107 Å². The first kappa shape index (κ1) is 55.6. The van der Waals surface area contributed by atoms with Gasteiger partial charge in [0.15, 0.2) is 18.2 Å². The highest BCUT2D eigenvalue weighted by Crippen LogP contribution is 2.42. The van der Waals surface area contributed by atoms with Crippen molar-refractivity contribution in [3.63, 3.8) is 0 Å². The third-order valence-electron chi connectivity index (χ3n) is 15.6. The molecule has 5 heterocycles. The number of ether oxygens (including phenoxy) is 8. The van der Waals surface area contributed by atoms with Gasteiger partial charge in [-0.05, 0) is 112 Å². The summed E-state index contributed by atoms with van der Waals surface area (Å²) in [4.78, 5) is 49.1. The standard InChI is InChI=1S/C52H83N5O13/c1-15-39-52(10)43(57(49(62)70-52)53-25-19-22-36-23-24-37(55-36)35-20-17-16-18-21-35)33(6)54-46(60)29(2)27-51(9,64-14)45(69-48-41(58)38(56(11)12)26-30(3)65-48)31(4)42(32(5)47(61)67-39)68-40-28-50(8,63-13)44(59)34(7)66-40/h16-18,20-21,23-24,29-34,38-45,48,53,55,58-59H,15,19,22,25-28H2,1-14H3,(H,54,60)/t29-,30-,31+,32-,33?,34+,38+,39+,40+,41-,42+,43-,44+,45+,48+,50-,51+,52-/m1/s1. The second-order valence-electron chi connectivity index (χ2n) is 21.2. The van der Waals surface area contributed by atoms with E-state index in [1.54, 1.807) is 41.7 Å². The maximum Gasteiger partial charge on any atom is 0.425 e. The van der Waals surface area contributed by atoms with E-state index in [4.69, 9.17) is 37.9 Å². The normalized spacial score (nSPS) is 40.2. The molecular weight excluding hydrogens is 903 g/mol. The molecule has 2 aromatic rings. The quantitative estimate of drug-likeness (QED) is 0.120. The maximum atomic E-state index is 15.0. The average Bonchev–Trinajstić information content (AvgIpc) is 3.90. The molecule has 0 aliphatic carbocycles. The molecule has 0 radical (unpaired) electrons. The van der Waals surface area contributed by atoms with E-state index in [0.717, 1.165) is 17.0 Å². The molecule has 5 N–H and O–H groups in total. The Labute approximate surface area is 415 Å². The van der Waals surface area contributed by atoms with Crippen LogP contribution in [0.15, 0.2) is 42.5 Å². The first-order chi connectivity index (χ1) is 33.0. The van der Waals surface area contributed by atoms with Crippen LogP contribution in [0, 0.1) is 17.8 Å². The molecule has 0 spiro atoms. The summed E-state index contributed by atoms with van der Waals surface area (Å²) in [6.45, 7) is 18.5. The fourth-order valence-electron chi connectivity index (χ4n) is 11.4. The summed E-state index contributed by atoms with van der Waals surface area (Å²) in [5.74, 6) is -3.43. The molecule has 4 saturated heterocycles. The first-order valence-corrected chi connectivity index (χ1v) is 25.2. The average molecular weight is 986 g/mol. The van der Waals surface area contributed by atoms with Gasteiger partial charge in [0.25, 0.3) is 0 Å². The number of aromatic amines is 1. The van der Waals surface area contributed by atoms with E-state index in [2.05, 4.69) is 40.0 Å². The number of hydrogen-bond acceptors (Lipinski definition) is 15. The number of nitrogens with one attached hydrogen (secondary N) is 3. The maximum absolute atomic E-state index is 15.0. The van der Waals surface area contributed by atoms with Gasteiger partial charge in [0.05, 0.1) is 47.6 Å². The second kappa shape index (κ2) is 23.0. The SMILES string of the molecule is CC[C@@H]1OC(=O)[C@H](C)[C@@H](O[C@H]2C[C@@](C)(OC)[C@@H](O)[C@H](C)O2)[C@H](C)[C@H](O[C@@H]2O[C@H](C)C[C@H](N(C)C)[C@H]2O)[C@@](C)(OC)C[C@@H](C)C(=O)NC(C)[C@H]2N(NCCCc3ccc(-c4ccccc4)[nH]3)C(=O)O[C@]12C. The predicted molar refractivity (Wildman–Crippen MR) is 261 cm³/mol. The summed E-state index contributed by atoms with van der Waals surface area (Å²) in [6, 6.07) is 12.3. The monoisotopic (exact) mass is 986 g/mol. The lowest BCUT2D eigenvalue weighted by atomic mass is 9.77. The van der Waals surface area contributed by atoms with Gasteiger partial charge in [-0.1, -0.05) is 51.1 Å². The highest BCUT2D eigenvalue weighted by molar-refractivity contribution is 5.79. The van der Waals surface area contributed by atoms with E-state index in [1.807, 2.05) is 71.8 Å². The number of aryl methyl sites for hydroxylation is 1. The number of aliphatic hydroxyl groups excluding tert-OH is 2. The van der Waals surface area contributed by atoms with E-state index in [9.17, 15) is 24.6 Å². The zero-order valence-electron chi connectivity index (χ0n) is 43.9. The molecule has 0 saturated carbocycles. The van der Waals surface area contributed by atoms with Crippen molar-refractivity contribution in [1.82, 2.24) is 25.6 Å². The minimum Gasteiger partial charge on any atom is -0.458 e. The molecule has 18 nitrogen and oxygen atoms in total. The van der Waals surface area contributed by atoms with Crippen LogP contribution in [0.2, 0.25) is 0 Å². The molecule has 2 amide bonds. The second-order valence-corrected chi connectivity index (χ2v) is 21.2. The van der Waals surface area contributed by atoms with Gasteiger partial charge in [-0.15, -0.1) is 0 Å². The molecular formula is C52H83N5O13. The fraction of sp³-hybridized carbons (Fsp3) is 0.750. The van der Waals surface area contributed by atoms with Crippen molar-refractivity contribution >= 4 is 18.0 Å². The van der Waals surface area contributed by atoms with Gasteiger partial charge in [-0.3, -0.25) is 9.59 Å². The number of aliphatic hydroxyl groups is 2. The molecule has 6 rings (SSSR count). The molecule has 4 fully saturated rings. The molecule has 394 valence electrons. The third kappa shape index (κ3) is 11.9. The summed E-state index contributed by atoms with van der Waals surface area (Å²) in [5, 5.41) is 27.6. The number of amides is 2. The van der Waals surface area contributed by atoms with Crippen LogP contribution in [0.25, 0.3) is 11.3 Å². The van der Waals surface area contributed by atoms with Crippen molar-refractivity contribution < 1.29 is 62.5 Å². The summed E-state index contributed by atoms with van der Waals surface area (Å²) >= 11 is 0. The Morgan fingerprint density at radius 1 is 0.900 bits per heavy atom. The molecule has 0 bridgehead atoms. The number of esters is 1. The number of carbonyl (C=O) groups excluding carboxylic acids is 3. The lowest BCUT2D eigenvalue weighted by molar-refractivity contribution is -0.319. The van der Waals surface area contributed by atoms with E-state index in [-0.39, 0.29) is 37.3 Å². The van der Waals surface area contributed by atoms with E-state index < -0.39 is 108 Å². The minimum absolute atomic E-state index is 0.116. The molecule has 1 aromatic carbocycles. The van der Waals surface area contributed by atoms with Crippen LogP contribution >= 0.6 is 0 Å².